The van der Waals surface area contributed by atoms with Crippen molar-refractivity contribution in [2.45, 2.75) is 20.3 Å². The van der Waals surface area contributed by atoms with Gasteiger partial charge in [0.25, 0.3) is 0 Å². The van der Waals surface area contributed by atoms with Crippen molar-refractivity contribution < 1.29 is 9.53 Å². The first-order valence-electron chi connectivity index (χ1n) is 4.76. The number of carbonyl (C=O) groups is 1. The highest BCUT2D eigenvalue weighted by atomic mass is 16.5. The summed E-state index contributed by atoms with van der Waals surface area (Å²) in [6.45, 7) is 4.67. The second kappa shape index (κ2) is 4.91. The molecule has 0 unspecified atom stereocenters. The Labute approximate surface area is 83.9 Å². The highest BCUT2D eigenvalue weighted by molar-refractivity contribution is 5.97. The van der Waals surface area contributed by atoms with Gasteiger partial charge in [0, 0.05) is 19.3 Å². The maximum atomic E-state index is 11.6. The van der Waals surface area contributed by atoms with Gasteiger partial charge in [-0.1, -0.05) is 6.92 Å². The van der Waals surface area contributed by atoms with Gasteiger partial charge in [0.1, 0.15) is 6.61 Å². The van der Waals surface area contributed by atoms with E-state index in [2.05, 4.69) is 5.10 Å². The number of hydrogen-bond donors (Lipinski definition) is 0. The van der Waals surface area contributed by atoms with Crippen molar-refractivity contribution in [3.05, 3.63) is 17.5 Å². The van der Waals surface area contributed by atoms with Crippen LogP contribution >= 0.6 is 0 Å². The molecule has 0 aliphatic rings. The summed E-state index contributed by atoms with van der Waals surface area (Å²) in [5, 5.41) is 4.01. The van der Waals surface area contributed by atoms with Crippen LogP contribution < -0.4 is 0 Å². The van der Waals surface area contributed by atoms with Crippen molar-refractivity contribution in [3.63, 3.8) is 0 Å². The zero-order chi connectivity index (χ0) is 10.6. The third-order valence-corrected chi connectivity index (χ3v) is 2.12. The predicted molar refractivity (Wildman–Crippen MR) is 53.4 cm³/mol. The minimum absolute atomic E-state index is 0.00375. The third kappa shape index (κ3) is 2.42. The van der Waals surface area contributed by atoms with Crippen LogP contribution in [0.5, 0.6) is 0 Å². The molecule has 1 aromatic heterocycles. The molecule has 4 heteroatoms. The fraction of sp³-hybridized carbons (Fsp3) is 0.600. The average molecular weight is 196 g/mol. The molecular weight excluding hydrogens is 180 g/mol. The zero-order valence-electron chi connectivity index (χ0n) is 8.91. The van der Waals surface area contributed by atoms with Crippen LogP contribution in [0.3, 0.4) is 0 Å². The highest BCUT2D eigenvalue weighted by Crippen LogP contribution is 2.06. The third-order valence-electron chi connectivity index (χ3n) is 2.12. The molecule has 0 aromatic carbocycles. The van der Waals surface area contributed by atoms with Crippen LogP contribution in [-0.4, -0.2) is 28.8 Å². The van der Waals surface area contributed by atoms with Gasteiger partial charge in [-0.15, -0.1) is 0 Å². The van der Waals surface area contributed by atoms with Crippen molar-refractivity contribution in [3.8, 4) is 0 Å². The van der Waals surface area contributed by atoms with Crippen LogP contribution in [0.2, 0.25) is 0 Å². The van der Waals surface area contributed by atoms with Gasteiger partial charge >= 0.3 is 0 Å². The lowest BCUT2D eigenvalue weighted by atomic mass is 10.2. The summed E-state index contributed by atoms with van der Waals surface area (Å²) >= 11 is 0. The van der Waals surface area contributed by atoms with E-state index in [1.54, 1.807) is 10.9 Å². The molecule has 1 rings (SSSR count). The van der Waals surface area contributed by atoms with E-state index in [9.17, 15) is 4.79 Å². The lowest BCUT2D eigenvalue weighted by molar-refractivity contribution is 0.0760. The van der Waals surface area contributed by atoms with Gasteiger partial charge in [-0.05, 0) is 13.3 Å². The number of rotatable bonds is 5. The van der Waals surface area contributed by atoms with E-state index in [0.29, 0.717) is 12.2 Å². The Bertz CT molecular complexity index is 318. The number of carbonyl (C=O) groups excluding carboxylic acids is 1. The quantitative estimate of drug-likeness (QED) is 0.527. The molecule has 1 aromatic rings. The molecule has 1 heterocycles. The molecule has 0 spiro atoms. The van der Waals surface area contributed by atoms with Crippen LogP contribution in [0.15, 0.2) is 6.20 Å². The number of aryl methyl sites for hydroxylation is 1. The number of ketones is 1. The Morgan fingerprint density at radius 1 is 1.64 bits per heavy atom. The summed E-state index contributed by atoms with van der Waals surface area (Å²) in [6.07, 6.45) is 2.52. The molecule has 0 saturated heterocycles. The van der Waals surface area contributed by atoms with Crippen molar-refractivity contribution in [1.82, 2.24) is 9.78 Å². The molecule has 0 N–H and O–H groups in total. The van der Waals surface area contributed by atoms with Crippen molar-refractivity contribution in [2.24, 2.45) is 7.05 Å². The van der Waals surface area contributed by atoms with Crippen LogP contribution in [0.1, 0.15) is 29.4 Å². The van der Waals surface area contributed by atoms with E-state index in [1.165, 1.54) is 0 Å². The Balaban J connectivity index is 2.56. The standard InChI is InChI=1S/C10H16N2O2/c1-4-5-14-7-10(13)9-6-11-12(3)8(9)2/h6H,4-5,7H2,1-3H3. The fourth-order valence-electron chi connectivity index (χ4n) is 1.16. The summed E-state index contributed by atoms with van der Waals surface area (Å²) < 4.78 is 6.86. The molecule has 0 radical (unpaired) electrons. The minimum Gasteiger partial charge on any atom is -0.373 e. The smallest absolute Gasteiger partial charge is 0.191 e. The van der Waals surface area contributed by atoms with E-state index in [4.69, 9.17) is 4.74 Å². The molecule has 0 bridgehead atoms. The molecule has 0 atom stereocenters. The van der Waals surface area contributed by atoms with Crippen LogP contribution in [0.4, 0.5) is 0 Å². The van der Waals surface area contributed by atoms with Gasteiger partial charge < -0.3 is 4.74 Å². The Kier molecular flexibility index (Phi) is 3.83. The predicted octanol–water partition coefficient (Wildman–Crippen LogP) is 1.34. The van der Waals surface area contributed by atoms with Crippen molar-refractivity contribution in [2.75, 3.05) is 13.2 Å². The van der Waals surface area contributed by atoms with Gasteiger partial charge in [-0.2, -0.15) is 5.10 Å². The van der Waals surface area contributed by atoms with E-state index in [1.807, 2.05) is 20.9 Å². The summed E-state index contributed by atoms with van der Waals surface area (Å²) in [4.78, 5) is 11.6. The van der Waals surface area contributed by atoms with Crippen LogP contribution in [0.25, 0.3) is 0 Å². The van der Waals surface area contributed by atoms with Crippen molar-refractivity contribution >= 4 is 5.78 Å². The Morgan fingerprint density at radius 2 is 2.36 bits per heavy atom. The average Bonchev–Trinajstić information content (AvgIpc) is 2.48. The SMILES string of the molecule is CCCOCC(=O)c1cnn(C)c1C. The molecule has 0 aliphatic carbocycles. The largest absolute Gasteiger partial charge is 0.373 e. The first kappa shape index (κ1) is 10.9. The molecule has 14 heavy (non-hydrogen) atoms. The lowest BCUT2D eigenvalue weighted by Gasteiger charge is -2.01. The maximum absolute atomic E-state index is 11.6. The second-order valence-electron chi connectivity index (χ2n) is 3.24. The summed E-state index contributed by atoms with van der Waals surface area (Å²) in [7, 11) is 1.82. The van der Waals surface area contributed by atoms with Gasteiger partial charge in [0.05, 0.1) is 11.8 Å². The van der Waals surface area contributed by atoms with Gasteiger partial charge in [-0.25, -0.2) is 0 Å². The van der Waals surface area contributed by atoms with Crippen molar-refractivity contribution in [1.29, 1.82) is 0 Å². The molecule has 0 fully saturated rings. The van der Waals surface area contributed by atoms with Crippen LogP contribution in [0, 0.1) is 6.92 Å². The number of ether oxygens (including phenoxy) is 1. The first-order chi connectivity index (χ1) is 6.66. The Morgan fingerprint density at radius 3 is 2.86 bits per heavy atom. The molecule has 0 aliphatic heterocycles. The maximum Gasteiger partial charge on any atom is 0.191 e. The van der Waals surface area contributed by atoms with E-state index < -0.39 is 0 Å². The minimum atomic E-state index is 0.00375. The summed E-state index contributed by atoms with van der Waals surface area (Å²) in [5.41, 5.74) is 1.54. The number of Topliss-reactive ketones (excluding diaryl/α,β-unsaturated/α-hetero) is 1. The normalized spacial score (nSPS) is 10.5. The fourth-order valence-corrected chi connectivity index (χ4v) is 1.16. The molecule has 0 amide bonds. The molecule has 78 valence electrons. The first-order valence-corrected chi connectivity index (χ1v) is 4.76. The van der Waals surface area contributed by atoms with E-state index in [-0.39, 0.29) is 12.4 Å². The lowest BCUT2D eigenvalue weighted by Crippen LogP contribution is -2.10. The Hall–Kier alpha value is -1.16. The molecular formula is C10H16N2O2. The zero-order valence-corrected chi connectivity index (χ0v) is 8.91. The summed E-state index contributed by atoms with van der Waals surface area (Å²) in [6, 6.07) is 0. The second-order valence-corrected chi connectivity index (χ2v) is 3.24. The van der Waals surface area contributed by atoms with Gasteiger partial charge in [0.15, 0.2) is 5.78 Å². The molecule has 4 nitrogen and oxygen atoms in total. The number of aromatic nitrogens is 2. The topological polar surface area (TPSA) is 44.1 Å². The highest BCUT2D eigenvalue weighted by Gasteiger charge is 2.12. The summed E-state index contributed by atoms with van der Waals surface area (Å²) in [5.74, 6) is 0.00375. The van der Waals surface area contributed by atoms with Crippen LogP contribution in [-0.2, 0) is 11.8 Å². The number of hydrogen-bond acceptors (Lipinski definition) is 3. The van der Waals surface area contributed by atoms with E-state index >= 15 is 0 Å². The monoisotopic (exact) mass is 196 g/mol. The van der Waals surface area contributed by atoms with Gasteiger partial charge in [0.2, 0.25) is 0 Å². The number of nitrogens with zero attached hydrogens (tertiary/aromatic N) is 2. The molecule has 0 saturated carbocycles. The van der Waals surface area contributed by atoms with E-state index in [0.717, 1.165) is 12.1 Å². The van der Waals surface area contributed by atoms with Gasteiger partial charge in [-0.3, -0.25) is 9.48 Å².